The molecule has 1 N–H and O–H groups in total. The lowest BCUT2D eigenvalue weighted by Crippen LogP contribution is -2.35. The first-order valence-corrected chi connectivity index (χ1v) is 13.5. The highest BCUT2D eigenvalue weighted by Gasteiger charge is 2.40. The molecule has 0 fully saturated rings. The minimum Gasteiger partial charge on any atom is -0.476 e. The van der Waals surface area contributed by atoms with E-state index in [0.717, 1.165) is 24.9 Å². The van der Waals surface area contributed by atoms with Gasteiger partial charge in [0.2, 0.25) is 5.83 Å². The van der Waals surface area contributed by atoms with Crippen LogP contribution in [0.5, 0.6) is 5.75 Å². The molecule has 9 heteroatoms. The van der Waals surface area contributed by atoms with E-state index in [4.69, 9.17) is 9.84 Å². The molecule has 1 atom stereocenters. The van der Waals surface area contributed by atoms with Crippen molar-refractivity contribution in [2.75, 3.05) is 23.5 Å². The van der Waals surface area contributed by atoms with Gasteiger partial charge in [-0.05, 0) is 36.3 Å². The Balaban J connectivity index is 2.21. The number of carboxylic acids is 1. The average molecular weight is 494 g/mol. The number of halogens is 1. The smallest absolute Gasteiger partial charge is 0.368 e. The maximum Gasteiger partial charge on any atom is 0.368 e. The molecule has 0 amide bonds. The minimum absolute atomic E-state index is 0.0340. The average Bonchev–Trinajstić information content (AvgIpc) is 2.87. The number of carboxylic acid groups (broad SMARTS) is 1. The third kappa shape index (κ3) is 5.70. The number of sulfone groups is 1. The zero-order valence-electron chi connectivity index (χ0n) is 18.9. The van der Waals surface area contributed by atoms with E-state index < -0.39 is 27.0 Å². The Kier molecular flexibility index (Phi) is 7.74. The number of fused-ring (bicyclic) bond motifs is 1. The van der Waals surface area contributed by atoms with E-state index in [1.54, 1.807) is 12.3 Å². The van der Waals surface area contributed by atoms with Crippen molar-refractivity contribution < 1.29 is 27.4 Å². The number of unbranched alkanes of at least 4 members (excludes halogenated alkanes) is 1. The fraction of sp³-hybridized carbons (Fsp3) is 0.375. The Morgan fingerprint density at radius 1 is 1.30 bits per heavy atom. The van der Waals surface area contributed by atoms with Crippen LogP contribution in [0.3, 0.4) is 0 Å². The number of aliphatic carboxylic acids is 1. The van der Waals surface area contributed by atoms with Crippen LogP contribution in [-0.2, 0) is 14.6 Å². The molecule has 0 bridgehead atoms. The molecule has 1 heterocycles. The van der Waals surface area contributed by atoms with Crippen LogP contribution in [0.1, 0.15) is 33.1 Å². The Bertz CT molecular complexity index is 1150. The summed E-state index contributed by atoms with van der Waals surface area (Å²) >= 11 is 1.30. The molecular weight excluding hydrogens is 465 g/mol. The van der Waals surface area contributed by atoms with Crippen molar-refractivity contribution in [1.82, 2.24) is 0 Å². The van der Waals surface area contributed by atoms with Gasteiger partial charge >= 0.3 is 5.97 Å². The van der Waals surface area contributed by atoms with Gasteiger partial charge in [-0.15, -0.1) is 11.8 Å². The Morgan fingerprint density at radius 3 is 2.61 bits per heavy atom. The summed E-state index contributed by atoms with van der Waals surface area (Å²) in [6.07, 6.45) is 4.90. The number of benzene rings is 2. The van der Waals surface area contributed by atoms with Crippen LogP contribution < -0.4 is 9.64 Å². The number of hydrogen-bond donors (Lipinski definition) is 1. The molecule has 33 heavy (non-hydrogen) atoms. The third-order valence-corrected chi connectivity index (χ3v) is 8.48. The SMILES string of the molecule is CCCC[C@]1(C)CN(c2ccccc2)c2cc(SC)c(O/C=C(\F)C(=O)O)cc2S(=O)(=O)C1. The third-order valence-electron chi connectivity index (χ3n) is 5.64. The van der Waals surface area contributed by atoms with Gasteiger partial charge in [-0.3, -0.25) is 0 Å². The predicted molar refractivity (Wildman–Crippen MR) is 129 cm³/mol. The quantitative estimate of drug-likeness (QED) is 0.282. The summed E-state index contributed by atoms with van der Waals surface area (Å²) in [5, 5.41) is 8.76. The number of rotatable bonds is 8. The maximum atomic E-state index is 13.6. The van der Waals surface area contributed by atoms with Crippen molar-refractivity contribution in [3.63, 3.8) is 0 Å². The van der Waals surface area contributed by atoms with Crippen LogP contribution in [0.25, 0.3) is 0 Å². The fourth-order valence-corrected chi connectivity index (χ4v) is 6.67. The lowest BCUT2D eigenvalue weighted by Gasteiger charge is -2.34. The van der Waals surface area contributed by atoms with Crippen molar-refractivity contribution in [1.29, 1.82) is 0 Å². The van der Waals surface area contributed by atoms with Gasteiger partial charge in [-0.2, -0.15) is 4.39 Å². The maximum absolute atomic E-state index is 13.6. The molecule has 1 aliphatic rings. The largest absolute Gasteiger partial charge is 0.476 e. The summed E-state index contributed by atoms with van der Waals surface area (Å²) in [7, 11) is -3.72. The van der Waals surface area contributed by atoms with Crippen molar-refractivity contribution >= 4 is 38.9 Å². The lowest BCUT2D eigenvalue weighted by atomic mass is 9.86. The molecule has 0 spiro atoms. The molecular formula is C24H28FNO5S2. The van der Waals surface area contributed by atoms with Crippen molar-refractivity contribution in [3.8, 4) is 5.75 Å². The number of hydrogen-bond acceptors (Lipinski definition) is 6. The fourth-order valence-electron chi connectivity index (χ4n) is 4.05. The topological polar surface area (TPSA) is 83.9 Å². The van der Waals surface area contributed by atoms with Gasteiger partial charge in [0.1, 0.15) is 12.0 Å². The van der Waals surface area contributed by atoms with Crippen LogP contribution in [0.15, 0.2) is 64.3 Å². The Labute approximate surface area is 198 Å². The van der Waals surface area contributed by atoms with Gasteiger partial charge in [0.05, 0.1) is 21.2 Å². The molecule has 0 aliphatic carbocycles. The first kappa shape index (κ1) is 25.1. The predicted octanol–water partition coefficient (Wildman–Crippen LogP) is 5.80. The molecule has 0 unspecified atom stereocenters. The van der Waals surface area contributed by atoms with Gasteiger partial charge < -0.3 is 14.7 Å². The first-order chi connectivity index (χ1) is 15.6. The van der Waals surface area contributed by atoms with E-state index in [1.165, 1.54) is 17.8 Å². The summed E-state index contributed by atoms with van der Waals surface area (Å²) < 4.78 is 45.9. The molecule has 0 aromatic heterocycles. The highest BCUT2D eigenvalue weighted by Crippen LogP contribution is 2.46. The van der Waals surface area contributed by atoms with E-state index in [0.29, 0.717) is 23.4 Å². The molecule has 0 radical (unpaired) electrons. The molecule has 2 aromatic carbocycles. The summed E-state index contributed by atoms with van der Waals surface area (Å²) in [5.41, 5.74) is 0.913. The summed E-state index contributed by atoms with van der Waals surface area (Å²) in [6, 6.07) is 12.7. The Hall–Kier alpha value is -2.52. The second kappa shape index (κ2) is 10.2. The van der Waals surface area contributed by atoms with E-state index in [9.17, 15) is 17.6 Å². The van der Waals surface area contributed by atoms with E-state index in [1.807, 2.05) is 42.2 Å². The highest BCUT2D eigenvalue weighted by atomic mass is 32.2. The molecule has 3 rings (SSSR count). The summed E-state index contributed by atoms with van der Waals surface area (Å²) in [4.78, 5) is 13.5. The second-order valence-electron chi connectivity index (χ2n) is 8.45. The lowest BCUT2D eigenvalue weighted by molar-refractivity contribution is -0.134. The standard InChI is InChI=1S/C24H28FNO5S2/c1-4-5-11-24(2)15-26(17-9-7-6-8-10-17)19-12-21(32-3)20(31-14-18(25)23(27)28)13-22(19)33(29,30)16-24/h6-10,12-14H,4-5,11,15-16H2,1-3H3,(H,27,28)/b18-14-/t24-/m1/s1. The zero-order chi connectivity index (χ0) is 24.2. The number of thioether (sulfide) groups is 1. The monoisotopic (exact) mass is 493 g/mol. The molecule has 0 saturated carbocycles. The normalized spacial score (nSPS) is 20.1. The van der Waals surface area contributed by atoms with Gasteiger partial charge in [-0.25, -0.2) is 13.2 Å². The van der Waals surface area contributed by atoms with Gasteiger partial charge in [0, 0.05) is 18.3 Å². The van der Waals surface area contributed by atoms with Gasteiger partial charge in [0.25, 0.3) is 0 Å². The number of para-hydroxylation sites is 1. The molecule has 0 saturated heterocycles. The molecule has 2 aromatic rings. The van der Waals surface area contributed by atoms with Crippen molar-refractivity contribution in [2.45, 2.75) is 42.9 Å². The van der Waals surface area contributed by atoms with Gasteiger partial charge in [0.15, 0.2) is 9.84 Å². The van der Waals surface area contributed by atoms with E-state index in [2.05, 4.69) is 6.92 Å². The Morgan fingerprint density at radius 2 is 2.00 bits per heavy atom. The summed E-state index contributed by atoms with van der Waals surface area (Å²) in [5.74, 6) is -3.18. The number of anilines is 2. The zero-order valence-corrected chi connectivity index (χ0v) is 20.5. The molecule has 178 valence electrons. The first-order valence-electron chi connectivity index (χ1n) is 10.6. The van der Waals surface area contributed by atoms with Crippen LogP contribution in [0, 0.1) is 5.41 Å². The van der Waals surface area contributed by atoms with E-state index in [-0.39, 0.29) is 16.4 Å². The molecule has 1 aliphatic heterocycles. The number of ether oxygens (including phenoxy) is 1. The van der Waals surface area contributed by atoms with Crippen LogP contribution in [0.4, 0.5) is 15.8 Å². The minimum atomic E-state index is -3.72. The van der Waals surface area contributed by atoms with Crippen molar-refractivity contribution in [2.24, 2.45) is 5.41 Å². The van der Waals surface area contributed by atoms with Crippen LogP contribution >= 0.6 is 11.8 Å². The summed E-state index contributed by atoms with van der Waals surface area (Å²) in [6.45, 7) is 4.60. The van der Waals surface area contributed by atoms with Crippen LogP contribution in [0.2, 0.25) is 0 Å². The van der Waals surface area contributed by atoms with Gasteiger partial charge in [-0.1, -0.05) is 44.9 Å². The van der Waals surface area contributed by atoms with E-state index >= 15 is 0 Å². The second-order valence-corrected chi connectivity index (χ2v) is 11.3. The number of nitrogens with zero attached hydrogens (tertiary/aromatic N) is 1. The highest BCUT2D eigenvalue weighted by molar-refractivity contribution is 7.98. The van der Waals surface area contributed by atoms with Crippen LogP contribution in [-0.4, -0.2) is 38.0 Å². The molecule has 6 nitrogen and oxygen atoms in total. The van der Waals surface area contributed by atoms with Crippen molar-refractivity contribution in [3.05, 3.63) is 54.6 Å². The number of carbonyl (C=O) groups is 1.